The Morgan fingerprint density at radius 1 is 1.24 bits per heavy atom. The lowest BCUT2D eigenvalue weighted by Crippen LogP contribution is -2.41. The second-order valence-electron chi connectivity index (χ2n) is 6.14. The minimum absolute atomic E-state index is 0.672. The number of rotatable bonds is 6. The summed E-state index contributed by atoms with van der Waals surface area (Å²) in [5.74, 6) is 1.67. The van der Waals surface area contributed by atoms with E-state index in [2.05, 4.69) is 42.4 Å². The highest BCUT2D eigenvalue weighted by atomic mass is 16.5. The summed E-state index contributed by atoms with van der Waals surface area (Å²) in [6.07, 6.45) is 6.80. The van der Waals surface area contributed by atoms with Gasteiger partial charge in [0.05, 0.1) is 7.11 Å². The summed E-state index contributed by atoms with van der Waals surface area (Å²) in [5, 5.41) is 3.70. The maximum Gasteiger partial charge on any atom is 0.120 e. The third-order valence-corrected chi connectivity index (χ3v) is 4.63. The fourth-order valence-corrected chi connectivity index (χ4v) is 3.44. The number of benzene rings is 1. The molecule has 0 heterocycles. The molecule has 2 unspecified atom stereocenters. The van der Waals surface area contributed by atoms with Gasteiger partial charge in [-0.25, -0.2) is 0 Å². The first-order valence-electron chi connectivity index (χ1n) is 8.33. The Kier molecular flexibility index (Phi) is 6.37. The van der Waals surface area contributed by atoms with E-state index in [4.69, 9.17) is 4.74 Å². The Morgan fingerprint density at radius 3 is 2.81 bits per heavy atom. The molecule has 3 heteroatoms. The van der Waals surface area contributed by atoms with E-state index in [1.54, 1.807) is 7.11 Å². The van der Waals surface area contributed by atoms with Crippen molar-refractivity contribution in [1.29, 1.82) is 0 Å². The average Bonchev–Trinajstić information content (AvgIpc) is 2.73. The van der Waals surface area contributed by atoms with Gasteiger partial charge in [-0.05, 0) is 37.4 Å². The van der Waals surface area contributed by atoms with Gasteiger partial charge < -0.3 is 15.0 Å². The predicted octanol–water partition coefficient (Wildman–Crippen LogP) is 3.69. The molecule has 1 saturated carbocycles. The van der Waals surface area contributed by atoms with Crippen molar-refractivity contribution in [2.24, 2.45) is 5.92 Å². The first-order valence-corrected chi connectivity index (χ1v) is 8.33. The fraction of sp³-hybridized carbons (Fsp3) is 0.667. The highest BCUT2D eigenvalue weighted by molar-refractivity contribution is 5.50. The van der Waals surface area contributed by atoms with Crippen molar-refractivity contribution in [3.63, 3.8) is 0 Å². The number of hydrogen-bond donors (Lipinski definition) is 1. The number of nitrogens with zero attached hydrogens (tertiary/aromatic N) is 1. The fourth-order valence-electron chi connectivity index (χ4n) is 3.44. The molecule has 0 bridgehead atoms. The van der Waals surface area contributed by atoms with Crippen LogP contribution in [0.5, 0.6) is 5.75 Å². The Balaban J connectivity index is 2.02. The second-order valence-corrected chi connectivity index (χ2v) is 6.14. The van der Waals surface area contributed by atoms with E-state index in [9.17, 15) is 0 Å². The Bertz CT molecular complexity index is 421. The molecule has 118 valence electrons. The summed E-state index contributed by atoms with van der Waals surface area (Å²) >= 11 is 0. The lowest BCUT2D eigenvalue weighted by molar-refractivity contribution is 0.343. The number of nitrogens with one attached hydrogen (secondary N) is 1. The molecule has 2 rings (SSSR count). The molecule has 0 aliphatic heterocycles. The molecular weight excluding hydrogens is 260 g/mol. The van der Waals surface area contributed by atoms with Crippen LogP contribution in [0.3, 0.4) is 0 Å². The SMILES string of the molecule is CCNC1CCCCCC1CN(C)c1cccc(OC)c1. The molecule has 1 aliphatic rings. The molecule has 0 amide bonds. The summed E-state index contributed by atoms with van der Waals surface area (Å²) in [7, 11) is 3.92. The Morgan fingerprint density at radius 2 is 2.05 bits per heavy atom. The monoisotopic (exact) mass is 290 g/mol. The third kappa shape index (κ3) is 4.63. The number of ether oxygens (including phenoxy) is 1. The van der Waals surface area contributed by atoms with Gasteiger partial charge in [-0.3, -0.25) is 0 Å². The number of hydrogen-bond acceptors (Lipinski definition) is 3. The summed E-state index contributed by atoms with van der Waals surface area (Å²) in [4.78, 5) is 2.38. The zero-order valence-corrected chi connectivity index (χ0v) is 13.8. The molecule has 1 aromatic carbocycles. The minimum Gasteiger partial charge on any atom is -0.497 e. The zero-order chi connectivity index (χ0) is 15.1. The maximum atomic E-state index is 5.34. The van der Waals surface area contributed by atoms with Gasteiger partial charge in [-0.2, -0.15) is 0 Å². The molecule has 0 aromatic heterocycles. The van der Waals surface area contributed by atoms with Crippen LogP contribution in [-0.2, 0) is 0 Å². The van der Waals surface area contributed by atoms with Gasteiger partial charge in [0.15, 0.2) is 0 Å². The second kappa shape index (κ2) is 8.28. The standard InChI is InChI=1S/C18H30N2O/c1-4-19-18-12-7-5-6-9-15(18)14-20(2)16-10-8-11-17(13-16)21-3/h8,10-11,13,15,18-19H,4-7,9,12,14H2,1-3H3. The van der Waals surface area contributed by atoms with Crippen molar-refractivity contribution in [1.82, 2.24) is 5.32 Å². The largest absolute Gasteiger partial charge is 0.497 e. The molecule has 1 aliphatic carbocycles. The Hall–Kier alpha value is -1.22. The van der Waals surface area contributed by atoms with Crippen LogP contribution in [0.2, 0.25) is 0 Å². The van der Waals surface area contributed by atoms with Crippen molar-refractivity contribution in [3.05, 3.63) is 24.3 Å². The van der Waals surface area contributed by atoms with Crippen molar-refractivity contribution >= 4 is 5.69 Å². The third-order valence-electron chi connectivity index (χ3n) is 4.63. The summed E-state index contributed by atoms with van der Waals surface area (Å²) in [5.41, 5.74) is 1.24. The van der Waals surface area contributed by atoms with Gasteiger partial charge in [0.1, 0.15) is 5.75 Å². The predicted molar refractivity (Wildman–Crippen MR) is 90.3 cm³/mol. The van der Waals surface area contributed by atoms with Crippen LogP contribution in [-0.4, -0.2) is 33.3 Å². The topological polar surface area (TPSA) is 24.5 Å². The van der Waals surface area contributed by atoms with Crippen LogP contribution in [0.4, 0.5) is 5.69 Å². The van der Waals surface area contributed by atoms with Crippen LogP contribution < -0.4 is 15.0 Å². The quantitative estimate of drug-likeness (QED) is 0.809. The molecule has 1 N–H and O–H groups in total. The van der Waals surface area contributed by atoms with Crippen LogP contribution >= 0.6 is 0 Å². The summed E-state index contributed by atoms with van der Waals surface area (Å²) in [6.45, 7) is 4.41. The normalized spacial score (nSPS) is 22.6. The molecule has 0 spiro atoms. The highest BCUT2D eigenvalue weighted by Gasteiger charge is 2.24. The first kappa shape index (κ1) is 16.2. The molecular formula is C18H30N2O. The number of methoxy groups -OCH3 is 1. The van der Waals surface area contributed by atoms with E-state index in [1.165, 1.54) is 37.8 Å². The lowest BCUT2D eigenvalue weighted by atomic mass is 9.94. The number of anilines is 1. The van der Waals surface area contributed by atoms with E-state index in [-0.39, 0.29) is 0 Å². The van der Waals surface area contributed by atoms with Crippen LogP contribution in [0.15, 0.2) is 24.3 Å². The van der Waals surface area contributed by atoms with E-state index < -0.39 is 0 Å². The van der Waals surface area contributed by atoms with Crippen molar-refractivity contribution in [2.75, 3.05) is 32.1 Å². The molecule has 1 fully saturated rings. The molecule has 1 aromatic rings. The maximum absolute atomic E-state index is 5.34. The molecule has 0 saturated heterocycles. The molecule has 21 heavy (non-hydrogen) atoms. The first-order chi connectivity index (χ1) is 10.2. The van der Waals surface area contributed by atoms with Gasteiger partial charge in [-0.15, -0.1) is 0 Å². The smallest absolute Gasteiger partial charge is 0.120 e. The van der Waals surface area contributed by atoms with Gasteiger partial charge in [-0.1, -0.05) is 32.3 Å². The van der Waals surface area contributed by atoms with E-state index in [1.807, 2.05) is 6.07 Å². The summed E-state index contributed by atoms with van der Waals surface area (Å²) in [6, 6.07) is 9.04. The molecule has 2 atom stereocenters. The van der Waals surface area contributed by atoms with Crippen molar-refractivity contribution < 1.29 is 4.74 Å². The van der Waals surface area contributed by atoms with Crippen LogP contribution in [0.1, 0.15) is 39.0 Å². The van der Waals surface area contributed by atoms with Crippen molar-refractivity contribution in [2.45, 2.75) is 45.1 Å². The lowest BCUT2D eigenvalue weighted by Gasteiger charge is -2.31. The van der Waals surface area contributed by atoms with Crippen molar-refractivity contribution in [3.8, 4) is 5.75 Å². The average molecular weight is 290 g/mol. The summed E-state index contributed by atoms with van der Waals surface area (Å²) < 4.78 is 5.34. The van der Waals surface area contributed by atoms with Gasteiger partial charge in [0.2, 0.25) is 0 Å². The van der Waals surface area contributed by atoms with E-state index >= 15 is 0 Å². The molecule has 0 radical (unpaired) electrons. The Labute approximate surface area is 129 Å². The van der Waals surface area contributed by atoms with E-state index in [0.717, 1.165) is 24.8 Å². The van der Waals surface area contributed by atoms with Gasteiger partial charge >= 0.3 is 0 Å². The van der Waals surface area contributed by atoms with Gasteiger partial charge in [0.25, 0.3) is 0 Å². The highest BCUT2D eigenvalue weighted by Crippen LogP contribution is 2.27. The van der Waals surface area contributed by atoms with Gasteiger partial charge in [0, 0.05) is 31.4 Å². The van der Waals surface area contributed by atoms with Crippen LogP contribution in [0, 0.1) is 5.92 Å². The zero-order valence-electron chi connectivity index (χ0n) is 13.8. The molecule has 3 nitrogen and oxygen atoms in total. The minimum atomic E-state index is 0.672. The van der Waals surface area contributed by atoms with E-state index in [0.29, 0.717) is 6.04 Å². The van der Waals surface area contributed by atoms with Crippen LogP contribution in [0.25, 0.3) is 0 Å².